The average molecular weight is 291 g/mol. The largest absolute Gasteiger partial charge is 0.397 e. The molecule has 0 aliphatic carbocycles. The molecule has 0 bridgehead atoms. The van der Waals surface area contributed by atoms with Crippen LogP contribution in [0.2, 0.25) is 5.02 Å². The molecule has 0 saturated heterocycles. The molecule has 0 heterocycles. The van der Waals surface area contributed by atoms with Crippen molar-refractivity contribution in [2.75, 3.05) is 51.2 Å². The fourth-order valence-electron chi connectivity index (χ4n) is 1.78. The standard InChI is InChI=1S/C13H20ClFN2O2/c1-18-6-3-4-17(5-7-19-2)13-9-11(15)10(14)8-12(13)16/h8-9H,3-7,16H2,1-2H3. The highest BCUT2D eigenvalue weighted by atomic mass is 35.5. The number of halogens is 2. The Hall–Kier alpha value is -1.04. The molecular formula is C13H20ClFN2O2. The molecule has 0 atom stereocenters. The summed E-state index contributed by atoms with van der Waals surface area (Å²) in [5.41, 5.74) is 6.99. The number of nitrogens with zero attached hydrogens (tertiary/aromatic N) is 1. The molecule has 1 aromatic carbocycles. The third-order valence-electron chi connectivity index (χ3n) is 2.75. The summed E-state index contributed by atoms with van der Waals surface area (Å²) in [7, 11) is 3.27. The van der Waals surface area contributed by atoms with Crippen LogP contribution in [0.1, 0.15) is 6.42 Å². The Morgan fingerprint density at radius 2 is 1.89 bits per heavy atom. The molecule has 0 aliphatic rings. The van der Waals surface area contributed by atoms with Crippen LogP contribution in [-0.2, 0) is 9.47 Å². The SMILES string of the molecule is COCCCN(CCOC)c1cc(F)c(Cl)cc1N. The van der Waals surface area contributed by atoms with Crippen LogP contribution >= 0.6 is 11.6 Å². The van der Waals surface area contributed by atoms with Gasteiger partial charge in [0.15, 0.2) is 0 Å². The number of methoxy groups -OCH3 is 2. The average Bonchev–Trinajstić information content (AvgIpc) is 2.38. The van der Waals surface area contributed by atoms with Gasteiger partial charge in [0.05, 0.1) is 23.0 Å². The number of rotatable bonds is 8. The van der Waals surface area contributed by atoms with Crippen molar-refractivity contribution < 1.29 is 13.9 Å². The van der Waals surface area contributed by atoms with Gasteiger partial charge < -0.3 is 20.1 Å². The van der Waals surface area contributed by atoms with Crippen LogP contribution < -0.4 is 10.6 Å². The van der Waals surface area contributed by atoms with E-state index in [2.05, 4.69) is 0 Å². The van der Waals surface area contributed by atoms with Crippen molar-refractivity contribution in [3.05, 3.63) is 23.0 Å². The lowest BCUT2D eigenvalue weighted by atomic mass is 10.2. The van der Waals surface area contributed by atoms with Crippen molar-refractivity contribution in [2.45, 2.75) is 6.42 Å². The lowest BCUT2D eigenvalue weighted by Gasteiger charge is -2.26. The van der Waals surface area contributed by atoms with E-state index in [1.54, 1.807) is 14.2 Å². The maximum absolute atomic E-state index is 13.6. The lowest BCUT2D eigenvalue weighted by Crippen LogP contribution is -2.29. The Labute approximate surface area is 118 Å². The van der Waals surface area contributed by atoms with E-state index in [4.69, 9.17) is 26.8 Å². The van der Waals surface area contributed by atoms with E-state index >= 15 is 0 Å². The zero-order valence-electron chi connectivity index (χ0n) is 11.3. The van der Waals surface area contributed by atoms with Crippen LogP contribution in [0.4, 0.5) is 15.8 Å². The first kappa shape index (κ1) is 16.0. The summed E-state index contributed by atoms with van der Waals surface area (Å²) >= 11 is 5.70. The monoisotopic (exact) mass is 290 g/mol. The second-order valence-electron chi connectivity index (χ2n) is 4.15. The molecule has 0 amide bonds. The first-order valence-electron chi connectivity index (χ1n) is 6.07. The molecule has 0 unspecified atom stereocenters. The lowest BCUT2D eigenvalue weighted by molar-refractivity contribution is 0.191. The van der Waals surface area contributed by atoms with E-state index in [-0.39, 0.29) is 5.02 Å². The van der Waals surface area contributed by atoms with Gasteiger partial charge >= 0.3 is 0 Å². The summed E-state index contributed by atoms with van der Waals surface area (Å²) in [6.45, 7) is 2.52. The van der Waals surface area contributed by atoms with E-state index in [9.17, 15) is 4.39 Å². The van der Waals surface area contributed by atoms with Crippen molar-refractivity contribution in [3.63, 3.8) is 0 Å². The maximum atomic E-state index is 13.6. The second kappa shape index (κ2) is 8.19. The van der Waals surface area contributed by atoms with Gasteiger partial charge in [-0.2, -0.15) is 0 Å². The van der Waals surface area contributed by atoms with E-state index in [1.807, 2.05) is 4.90 Å². The number of hydrogen-bond acceptors (Lipinski definition) is 4. The van der Waals surface area contributed by atoms with E-state index in [0.717, 1.165) is 6.42 Å². The second-order valence-corrected chi connectivity index (χ2v) is 4.56. The molecule has 1 rings (SSSR count). The molecule has 108 valence electrons. The van der Waals surface area contributed by atoms with Crippen LogP contribution in [-0.4, -0.2) is 40.5 Å². The Balaban J connectivity index is 2.85. The number of benzene rings is 1. The number of nitrogen functional groups attached to an aromatic ring is 1. The summed E-state index contributed by atoms with van der Waals surface area (Å²) in [6, 6.07) is 2.79. The maximum Gasteiger partial charge on any atom is 0.144 e. The quantitative estimate of drug-likeness (QED) is 0.590. The highest BCUT2D eigenvalue weighted by Crippen LogP contribution is 2.29. The Morgan fingerprint density at radius 1 is 1.21 bits per heavy atom. The zero-order valence-corrected chi connectivity index (χ0v) is 12.0. The molecule has 0 saturated carbocycles. The Morgan fingerprint density at radius 3 is 2.53 bits per heavy atom. The highest BCUT2D eigenvalue weighted by Gasteiger charge is 2.13. The molecule has 0 radical (unpaired) electrons. The minimum atomic E-state index is -0.472. The Bertz CT molecular complexity index is 404. The highest BCUT2D eigenvalue weighted by molar-refractivity contribution is 6.31. The minimum Gasteiger partial charge on any atom is -0.397 e. The topological polar surface area (TPSA) is 47.7 Å². The molecular weight excluding hydrogens is 271 g/mol. The van der Waals surface area contributed by atoms with Gasteiger partial charge in [-0.3, -0.25) is 0 Å². The Kier molecular flexibility index (Phi) is 6.91. The zero-order chi connectivity index (χ0) is 14.3. The van der Waals surface area contributed by atoms with E-state index in [0.29, 0.717) is 37.7 Å². The van der Waals surface area contributed by atoms with Gasteiger partial charge in [0, 0.05) is 40.0 Å². The molecule has 0 spiro atoms. The molecule has 0 fully saturated rings. The third kappa shape index (κ3) is 4.86. The van der Waals surface area contributed by atoms with Gasteiger partial charge in [0.25, 0.3) is 0 Å². The number of ether oxygens (including phenoxy) is 2. The minimum absolute atomic E-state index is 0.0323. The summed E-state index contributed by atoms with van der Waals surface area (Å²) in [5.74, 6) is -0.472. The number of hydrogen-bond donors (Lipinski definition) is 1. The number of anilines is 2. The molecule has 0 aliphatic heterocycles. The summed E-state index contributed by atoms with van der Waals surface area (Å²) in [5, 5.41) is 0.0323. The van der Waals surface area contributed by atoms with Crippen LogP contribution in [0.15, 0.2) is 12.1 Å². The van der Waals surface area contributed by atoms with Crippen molar-refractivity contribution in [3.8, 4) is 0 Å². The van der Waals surface area contributed by atoms with E-state index < -0.39 is 5.82 Å². The van der Waals surface area contributed by atoms with Gasteiger partial charge in [-0.15, -0.1) is 0 Å². The van der Waals surface area contributed by atoms with Gasteiger partial charge in [-0.25, -0.2) is 4.39 Å². The van der Waals surface area contributed by atoms with Gasteiger partial charge in [0.1, 0.15) is 5.82 Å². The van der Waals surface area contributed by atoms with Crippen molar-refractivity contribution in [1.82, 2.24) is 0 Å². The molecule has 2 N–H and O–H groups in total. The van der Waals surface area contributed by atoms with Crippen molar-refractivity contribution in [1.29, 1.82) is 0 Å². The summed E-state index contributed by atoms with van der Waals surface area (Å²) in [6.07, 6.45) is 0.823. The molecule has 4 nitrogen and oxygen atoms in total. The van der Waals surface area contributed by atoms with Crippen LogP contribution in [0, 0.1) is 5.82 Å². The number of nitrogens with two attached hydrogens (primary N) is 1. The van der Waals surface area contributed by atoms with Crippen LogP contribution in [0.3, 0.4) is 0 Å². The normalized spacial score (nSPS) is 10.7. The predicted molar refractivity (Wildman–Crippen MR) is 76.4 cm³/mol. The fraction of sp³-hybridized carbons (Fsp3) is 0.538. The van der Waals surface area contributed by atoms with Crippen LogP contribution in [0.5, 0.6) is 0 Å². The molecule has 0 aromatic heterocycles. The fourth-order valence-corrected chi connectivity index (χ4v) is 1.95. The van der Waals surface area contributed by atoms with Gasteiger partial charge in [-0.1, -0.05) is 11.6 Å². The molecule has 19 heavy (non-hydrogen) atoms. The third-order valence-corrected chi connectivity index (χ3v) is 3.04. The van der Waals surface area contributed by atoms with Crippen molar-refractivity contribution in [2.24, 2.45) is 0 Å². The van der Waals surface area contributed by atoms with Gasteiger partial charge in [0.2, 0.25) is 0 Å². The van der Waals surface area contributed by atoms with Crippen LogP contribution in [0.25, 0.3) is 0 Å². The van der Waals surface area contributed by atoms with E-state index in [1.165, 1.54) is 12.1 Å². The predicted octanol–water partition coefficient (Wildman–Crippen LogP) is 2.55. The van der Waals surface area contributed by atoms with Crippen molar-refractivity contribution >= 4 is 23.0 Å². The molecule has 6 heteroatoms. The summed E-state index contributed by atoms with van der Waals surface area (Å²) in [4.78, 5) is 1.97. The van der Waals surface area contributed by atoms with Gasteiger partial charge in [-0.05, 0) is 12.5 Å². The summed E-state index contributed by atoms with van der Waals surface area (Å²) < 4.78 is 23.6. The smallest absolute Gasteiger partial charge is 0.144 e. The molecule has 1 aromatic rings. The first-order valence-corrected chi connectivity index (χ1v) is 6.45. The first-order chi connectivity index (χ1) is 9.10.